The second kappa shape index (κ2) is 22.7. The van der Waals surface area contributed by atoms with E-state index in [2.05, 4.69) is 10.3 Å². The molecule has 0 unspecified atom stereocenters. The van der Waals surface area contributed by atoms with Gasteiger partial charge in [-0.15, -0.1) is 0 Å². The van der Waals surface area contributed by atoms with Gasteiger partial charge in [-0.05, 0) is 12.8 Å². The maximum atomic E-state index is 11.0. The topological polar surface area (TPSA) is 180 Å². The van der Waals surface area contributed by atoms with Crippen LogP contribution in [-0.4, -0.2) is 100 Å². The number of hydrogen-bond acceptors (Lipinski definition) is 6. The van der Waals surface area contributed by atoms with Crippen molar-refractivity contribution >= 4 is 85.2 Å². The molecule has 14 heteroatoms. The van der Waals surface area contributed by atoms with Crippen molar-refractivity contribution in [3.63, 3.8) is 0 Å². The van der Waals surface area contributed by atoms with Gasteiger partial charge in [-0.2, -0.15) is 0 Å². The van der Waals surface area contributed by atoms with E-state index in [-0.39, 0.29) is 72.0 Å². The van der Waals surface area contributed by atoms with Crippen molar-refractivity contribution in [1.82, 2.24) is 0 Å². The van der Waals surface area contributed by atoms with E-state index in [0.717, 1.165) is 51.4 Å². The third-order valence-corrected chi connectivity index (χ3v) is 6.93. The van der Waals surface area contributed by atoms with Crippen LogP contribution in [0.3, 0.4) is 0 Å². The molecule has 0 aromatic heterocycles. The van der Waals surface area contributed by atoms with Crippen LogP contribution in [0.4, 0.5) is 0 Å². The van der Waals surface area contributed by atoms with E-state index < -0.39 is 26.1 Å². The first-order chi connectivity index (χ1) is 14.1. The fourth-order valence-electron chi connectivity index (χ4n) is 3.20. The Morgan fingerprint density at radius 2 is 0.656 bits per heavy atom. The summed E-state index contributed by atoms with van der Waals surface area (Å²) in [5.41, 5.74) is -0.875. The molecule has 0 bridgehead atoms. The average Bonchev–Trinajstić information content (AvgIpc) is 2.65. The first-order valence-corrected chi connectivity index (χ1v) is 13.9. The van der Waals surface area contributed by atoms with Crippen molar-refractivity contribution in [3.8, 4) is 0 Å². The maximum absolute atomic E-state index is 11.0. The number of nitrogens with zero attached hydrogens (tertiary/aromatic N) is 2. The fraction of sp³-hybridized carbons (Fsp3) is 0.889. The molecule has 0 fully saturated rings. The number of rotatable bonds is 19. The van der Waals surface area contributed by atoms with Gasteiger partial charge >= 0.3 is 74.3 Å². The van der Waals surface area contributed by atoms with Gasteiger partial charge in [-0.3, -0.25) is 9.13 Å². The molecule has 0 aliphatic heterocycles. The summed E-state index contributed by atoms with van der Waals surface area (Å²) in [6.07, 6.45) is 14.4. The molecular weight excluding hydrogens is 480 g/mol. The van der Waals surface area contributed by atoms with Crippen molar-refractivity contribution in [3.05, 3.63) is 0 Å². The van der Waals surface area contributed by atoms with Crippen LogP contribution in [0, 0.1) is 0 Å². The molecule has 0 aliphatic carbocycles. The number of oxime groups is 2. The minimum atomic E-state index is -4.42. The zero-order valence-electron chi connectivity index (χ0n) is 17.6. The SMILES string of the molecule is O=P(O)(O)/C(CCCCCCCCCCCCCCCC/C(=N/O)P(=O)(O)O)=N\O.[NaH].[NaH]. The molecule has 10 nitrogen and oxygen atoms in total. The molecule has 6 N–H and O–H groups in total. The summed E-state index contributed by atoms with van der Waals surface area (Å²) in [4.78, 5) is 35.7. The normalized spacial score (nSPS) is 12.9. The van der Waals surface area contributed by atoms with Crippen molar-refractivity contribution in [1.29, 1.82) is 0 Å². The van der Waals surface area contributed by atoms with Gasteiger partial charge in [0.2, 0.25) is 0 Å². The van der Waals surface area contributed by atoms with Gasteiger partial charge in [0, 0.05) is 12.8 Å². The van der Waals surface area contributed by atoms with E-state index in [1.165, 1.54) is 25.7 Å². The van der Waals surface area contributed by atoms with Crippen LogP contribution >= 0.6 is 15.2 Å². The van der Waals surface area contributed by atoms with Crippen LogP contribution in [0.25, 0.3) is 0 Å². The van der Waals surface area contributed by atoms with Gasteiger partial charge in [0.25, 0.3) is 0 Å². The second-order valence-electron chi connectivity index (χ2n) is 7.57. The molecule has 182 valence electrons. The first-order valence-electron chi connectivity index (χ1n) is 10.7. The molecule has 0 saturated heterocycles. The van der Waals surface area contributed by atoms with Gasteiger partial charge < -0.3 is 30.0 Å². The van der Waals surface area contributed by atoms with E-state index in [9.17, 15) is 9.13 Å². The Labute approximate surface area is 235 Å². The molecule has 0 radical (unpaired) electrons. The molecular formula is C18H40N2Na2O8P2. The second-order valence-corrected chi connectivity index (χ2v) is 10.8. The summed E-state index contributed by atoms with van der Waals surface area (Å²) in [6.45, 7) is 0. The molecule has 0 aliphatic rings. The molecule has 0 spiro atoms. The predicted molar refractivity (Wildman–Crippen MR) is 131 cm³/mol. The van der Waals surface area contributed by atoms with Gasteiger partial charge in [-0.1, -0.05) is 87.4 Å². The summed E-state index contributed by atoms with van der Waals surface area (Å²) in [7, 11) is -8.84. The van der Waals surface area contributed by atoms with E-state index in [1.54, 1.807) is 0 Å². The standard InChI is InChI=1S/C18H38N2O8P2.2Na.2H/c21-19-17(29(23,24)25)15-13-11-9-7-5-3-1-2-4-6-8-10-12-14-16-18(20-22)30(26,27)28;;;;/h21-22H,1-16H2,(H2,23,24,25)(H2,26,27,28);;;;/b19-17-,20-18-;;;;. The van der Waals surface area contributed by atoms with E-state index in [1.807, 2.05) is 0 Å². The Bertz CT molecular complexity index is 560. The summed E-state index contributed by atoms with van der Waals surface area (Å²) in [5, 5.41) is 22.6. The molecule has 0 atom stereocenters. The molecule has 0 aromatic carbocycles. The van der Waals surface area contributed by atoms with Gasteiger partial charge in [0.15, 0.2) is 10.9 Å². The summed E-state index contributed by atoms with van der Waals surface area (Å²) in [6, 6.07) is 0. The third-order valence-electron chi connectivity index (χ3n) is 4.95. The molecule has 32 heavy (non-hydrogen) atoms. The fourth-order valence-corrected chi connectivity index (χ4v) is 4.33. The molecule has 0 heterocycles. The van der Waals surface area contributed by atoms with Crippen LogP contribution in [0.1, 0.15) is 103 Å². The summed E-state index contributed by atoms with van der Waals surface area (Å²) in [5.74, 6) is 0. The van der Waals surface area contributed by atoms with Crippen molar-refractivity contribution < 1.29 is 39.1 Å². The van der Waals surface area contributed by atoms with Crippen molar-refractivity contribution in [2.45, 2.75) is 103 Å². The minimum absolute atomic E-state index is 0. The van der Waals surface area contributed by atoms with Crippen LogP contribution in [-0.2, 0) is 9.13 Å². The zero-order chi connectivity index (χ0) is 22.9. The van der Waals surface area contributed by atoms with Gasteiger partial charge in [0.1, 0.15) is 0 Å². The first kappa shape index (κ1) is 37.8. The van der Waals surface area contributed by atoms with Gasteiger partial charge in [0.05, 0.1) is 0 Å². The monoisotopic (exact) mass is 520 g/mol. The van der Waals surface area contributed by atoms with Crippen LogP contribution in [0.15, 0.2) is 10.3 Å². The van der Waals surface area contributed by atoms with E-state index in [4.69, 9.17) is 30.0 Å². The average molecular weight is 520 g/mol. The van der Waals surface area contributed by atoms with Crippen molar-refractivity contribution in [2.24, 2.45) is 10.3 Å². The Morgan fingerprint density at radius 3 is 0.812 bits per heavy atom. The number of hydrogen-bond donors (Lipinski definition) is 6. The van der Waals surface area contributed by atoms with Crippen molar-refractivity contribution in [2.75, 3.05) is 0 Å². The van der Waals surface area contributed by atoms with Crippen LogP contribution < -0.4 is 0 Å². The van der Waals surface area contributed by atoms with E-state index in [0.29, 0.717) is 12.8 Å². The molecule has 0 amide bonds. The van der Waals surface area contributed by atoms with Crippen LogP contribution in [0.5, 0.6) is 0 Å². The Morgan fingerprint density at radius 1 is 0.469 bits per heavy atom. The van der Waals surface area contributed by atoms with E-state index >= 15 is 0 Å². The molecule has 0 aromatic rings. The Kier molecular flexibility index (Phi) is 26.8. The van der Waals surface area contributed by atoms with Gasteiger partial charge in [-0.25, -0.2) is 0 Å². The summed E-state index contributed by atoms with van der Waals surface area (Å²) < 4.78 is 22.0. The quantitative estimate of drug-likeness (QED) is 0.0371. The Balaban J connectivity index is -0.00000420. The summed E-state index contributed by atoms with van der Waals surface area (Å²) >= 11 is 0. The number of unbranched alkanes of at least 4 members (excludes halogenated alkanes) is 13. The molecule has 0 rings (SSSR count). The third kappa shape index (κ3) is 21.8. The van der Waals surface area contributed by atoms with Crippen LogP contribution in [0.2, 0.25) is 0 Å². The predicted octanol–water partition coefficient (Wildman–Crippen LogP) is 3.86. The Hall–Kier alpha value is 1.24. The zero-order valence-corrected chi connectivity index (χ0v) is 19.4. The molecule has 0 saturated carbocycles.